The van der Waals surface area contributed by atoms with Crippen molar-refractivity contribution in [3.05, 3.63) is 54.4 Å². The van der Waals surface area contributed by atoms with Crippen molar-refractivity contribution in [2.45, 2.75) is 25.9 Å². The Morgan fingerprint density at radius 3 is 2.70 bits per heavy atom. The minimum Gasteiger partial charge on any atom is -0.453 e. The number of alkyl halides is 3. The molecule has 37 heavy (non-hydrogen) atoms. The number of rotatable bonds is 5. The van der Waals surface area contributed by atoms with Gasteiger partial charge in [0.1, 0.15) is 5.82 Å². The molecule has 194 valence electrons. The first kappa shape index (κ1) is 25.9. The largest absolute Gasteiger partial charge is 0.453 e. The van der Waals surface area contributed by atoms with E-state index >= 15 is 0 Å². The van der Waals surface area contributed by atoms with Gasteiger partial charge in [-0.15, -0.1) is 0 Å². The number of amides is 3. The molecule has 0 bridgehead atoms. The molecule has 1 unspecified atom stereocenters. The zero-order chi connectivity index (χ0) is 26.6. The van der Waals surface area contributed by atoms with Crippen LogP contribution < -0.4 is 10.6 Å². The molecule has 1 aliphatic heterocycles. The summed E-state index contributed by atoms with van der Waals surface area (Å²) in [5, 5.41) is 13.6. The van der Waals surface area contributed by atoms with Crippen molar-refractivity contribution in [2.24, 2.45) is 5.92 Å². The van der Waals surface area contributed by atoms with E-state index in [1.807, 2.05) is 19.1 Å². The van der Waals surface area contributed by atoms with Gasteiger partial charge in [-0.2, -0.15) is 23.4 Å². The fraction of sp³-hybridized carbons (Fsp3) is 0.320. The average Bonchev–Trinajstić information content (AvgIpc) is 3.32. The summed E-state index contributed by atoms with van der Waals surface area (Å²) < 4.78 is 42.7. The van der Waals surface area contributed by atoms with E-state index in [-0.39, 0.29) is 13.1 Å². The Labute approximate surface area is 211 Å². The summed E-state index contributed by atoms with van der Waals surface area (Å²) in [7, 11) is 1.26. The summed E-state index contributed by atoms with van der Waals surface area (Å²) in [6.45, 7) is 2.23. The molecular formula is C25H25F3N6O3. The summed E-state index contributed by atoms with van der Waals surface area (Å²) in [6, 6.07) is 10.1. The van der Waals surface area contributed by atoms with E-state index in [9.17, 15) is 22.8 Å². The molecule has 1 fully saturated rings. The minimum atomic E-state index is -4.24. The first-order valence-electron chi connectivity index (χ1n) is 11.5. The lowest BCUT2D eigenvalue weighted by Gasteiger charge is -2.18. The van der Waals surface area contributed by atoms with Crippen LogP contribution >= 0.6 is 0 Å². The first-order valence-corrected chi connectivity index (χ1v) is 11.5. The smallest absolute Gasteiger partial charge is 0.412 e. The number of halogens is 3. The molecular weight excluding hydrogens is 489 g/mol. The summed E-state index contributed by atoms with van der Waals surface area (Å²) in [4.78, 5) is 29.7. The van der Waals surface area contributed by atoms with Crippen LogP contribution in [0.3, 0.4) is 0 Å². The molecule has 1 aromatic carbocycles. The van der Waals surface area contributed by atoms with Crippen molar-refractivity contribution in [3.8, 4) is 22.4 Å². The van der Waals surface area contributed by atoms with Gasteiger partial charge in [0.05, 0.1) is 19.0 Å². The quantitative estimate of drug-likeness (QED) is 0.466. The molecule has 4 rings (SSSR count). The van der Waals surface area contributed by atoms with E-state index in [0.29, 0.717) is 23.6 Å². The van der Waals surface area contributed by atoms with Crippen LogP contribution in [0.5, 0.6) is 0 Å². The van der Waals surface area contributed by atoms with Crippen LogP contribution in [0.2, 0.25) is 0 Å². The van der Waals surface area contributed by atoms with Gasteiger partial charge in [-0.05, 0) is 60.7 Å². The minimum absolute atomic E-state index is 0.0658. The lowest BCUT2D eigenvalue weighted by molar-refractivity contribution is -0.143. The monoisotopic (exact) mass is 514 g/mol. The third kappa shape index (κ3) is 6.72. The van der Waals surface area contributed by atoms with Crippen molar-refractivity contribution in [1.29, 1.82) is 0 Å². The zero-order valence-corrected chi connectivity index (χ0v) is 20.2. The number of carbonyl (C=O) groups excluding carboxylic acids is 2. The molecule has 12 heteroatoms. The van der Waals surface area contributed by atoms with Gasteiger partial charge in [0.2, 0.25) is 0 Å². The summed E-state index contributed by atoms with van der Waals surface area (Å²) in [5.74, 6) is -0.281. The number of hydrogen-bond acceptors (Lipinski definition) is 6. The molecule has 3 amide bonds. The summed E-state index contributed by atoms with van der Waals surface area (Å²) >= 11 is 0. The lowest BCUT2D eigenvalue weighted by atomic mass is 10.0. The Hall–Kier alpha value is -4.22. The molecule has 1 saturated heterocycles. The van der Waals surface area contributed by atoms with Crippen molar-refractivity contribution < 1.29 is 27.5 Å². The number of aromatic nitrogens is 3. The summed E-state index contributed by atoms with van der Waals surface area (Å²) in [5.41, 5.74) is 4.12. The molecule has 2 N–H and O–H groups in total. The van der Waals surface area contributed by atoms with Crippen LogP contribution in [-0.4, -0.2) is 58.6 Å². The zero-order valence-electron chi connectivity index (χ0n) is 20.2. The molecule has 1 aliphatic rings. The third-order valence-corrected chi connectivity index (χ3v) is 6.02. The third-order valence-electron chi connectivity index (χ3n) is 6.02. The van der Waals surface area contributed by atoms with Crippen LogP contribution in [0.4, 0.5) is 34.3 Å². The first-order chi connectivity index (χ1) is 17.6. The molecule has 0 spiro atoms. The van der Waals surface area contributed by atoms with Crippen molar-refractivity contribution in [1.82, 2.24) is 20.1 Å². The second kappa shape index (κ2) is 10.8. The SMILES string of the molecule is COC(=O)Nc1cc(-c2cnnc(-c3cc(NC(=O)N4CCC(CC(F)(F)F)C4)ccc3C)c2)ccn1. The van der Waals surface area contributed by atoms with Crippen molar-refractivity contribution in [2.75, 3.05) is 30.8 Å². The predicted molar refractivity (Wildman–Crippen MR) is 131 cm³/mol. The van der Waals surface area contributed by atoms with E-state index in [0.717, 1.165) is 22.3 Å². The fourth-order valence-corrected chi connectivity index (χ4v) is 4.18. The van der Waals surface area contributed by atoms with Crippen molar-refractivity contribution in [3.63, 3.8) is 0 Å². The molecule has 3 aromatic rings. The highest BCUT2D eigenvalue weighted by Gasteiger charge is 2.36. The summed E-state index contributed by atoms with van der Waals surface area (Å²) in [6.07, 6.45) is -2.34. The fourth-order valence-electron chi connectivity index (χ4n) is 4.18. The second-order valence-corrected chi connectivity index (χ2v) is 8.76. The molecule has 0 saturated carbocycles. The predicted octanol–water partition coefficient (Wildman–Crippen LogP) is 5.50. The van der Waals surface area contributed by atoms with E-state index in [1.54, 1.807) is 36.7 Å². The molecule has 0 radical (unpaired) electrons. The van der Waals surface area contributed by atoms with Gasteiger partial charge < -0.3 is 15.0 Å². The number of aryl methyl sites for hydroxylation is 1. The topological polar surface area (TPSA) is 109 Å². The van der Waals surface area contributed by atoms with Crippen LogP contribution in [0.1, 0.15) is 18.4 Å². The van der Waals surface area contributed by atoms with E-state index in [1.165, 1.54) is 12.0 Å². The number of urea groups is 1. The maximum atomic E-state index is 12.7. The van der Waals surface area contributed by atoms with Crippen LogP contribution in [0, 0.1) is 12.8 Å². The van der Waals surface area contributed by atoms with Crippen LogP contribution in [0.15, 0.2) is 48.8 Å². The number of methoxy groups -OCH3 is 1. The van der Waals surface area contributed by atoms with Crippen molar-refractivity contribution >= 4 is 23.6 Å². The van der Waals surface area contributed by atoms with E-state index in [2.05, 4.69) is 30.6 Å². The van der Waals surface area contributed by atoms with E-state index in [4.69, 9.17) is 0 Å². The Morgan fingerprint density at radius 2 is 1.95 bits per heavy atom. The standard InChI is InChI=1S/C25H25F3N6O3/c1-15-3-4-19(31-23(35)34-8-6-16(14-34)12-25(26,27)28)11-20(15)21-9-18(13-30-33-21)17-5-7-29-22(10-17)32-24(36)37-2/h3-5,7,9-11,13,16H,6,8,12,14H2,1-2H3,(H,31,35)(H,29,32,36). The number of nitrogens with one attached hydrogen (secondary N) is 2. The number of hydrogen-bond donors (Lipinski definition) is 2. The highest BCUT2D eigenvalue weighted by atomic mass is 19.4. The molecule has 3 heterocycles. The Bertz CT molecular complexity index is 1300. The van der Waals surface area contributed by atoms with Gasteiger partial charge in [-0.25, -0.2) is 14.6 Å². The highest BCUT2D eigenvalue weighted by Crippen LogP contribution is 2.32. The van der Waals surface area contributed by atoms with Crippen LogP contribution in [0.25, 0.3) is 22.4 Å². The average molecular weight is 515 g/mol. The van der Waals surface area contributed by atoms with Gasteiger partial charge in [-0.3, -0.25) is 5.32 Å². The van der Waals surface area contributed by atoms with Gasteiger partial charge >= 0.3 is 18.3 Å². The number of carbonyl (C=O) groups is 2. The highest BCUT2D eigenvalue weighted by molar-refractivity contribution is 5.90. The number of benzene rings is 1. The van der Waals surface area contributed by atoms with Gasteiger partial charge in [0.15, 0.2) is 0 Å². The van der Waals surface area contributed by atoms with Gasteiger partial charge in [0, 0.05) is 42.5 Å². The van der Waals surface area contributed by atoms with Gasteiger partial charge in [-0.1, -0.05) is 6.07 Å². The normalized spacial score (nSPS) is 15.4. The maximum absolute atomic E-state index is 12.7. The van der Waals surface area contributed by atoms with Gasteiger partial charge in [0.25, 0.3) is 0 Å². The maximum Gasteiger partial charge on any atom is 0.412 e. The Kier molecular flexibility index (Phi) is 7.55. The molecule has 2 aromatic heterocycles. The second-order valence-electron chi connectivity index (χ2n) is 8.76. The number of pyridine rings is 1. The Balaban J connectivity index is 1.51. The van der Waals surface area contributed by atoms with Crippen LogP contribution in [-0.2, 0) is 4.74 Å². The molecule has 1 atom stereocenters. The van der Waals surface area contributed by atoms with E-state index < -0.39 is 30.6 Å². The number of likely N-dealkylation sites (tertiary alicyclic amines) is 1. The number of nitrogens with zero attached hydrogens (tertiary/aromatic N) is 4. The number of ether oxygens (including phenoxy) is 1. The Morgan fingerprint density at radius 1 is 1.14 bits per heavy atom. The molecule has 9 nitrogen and oxygen atoms in total. The number of anilines is 2. The molecule has 0 aliphatic carbocycles. The lowest BCUT2D eigenvalue weighted by Crippen LogP contribution is -2.33.